The third kappa shape index (κ3) is 2.45. The van der Waals surface area contributed by atoms with Crippen molar-refractivity contribution in [1.82, 2.24) is 9.88 Å². The summed E-state index contributed by atoms with van der Waals surface area (Å²) >= 11 is 0. The van der Waals surface area contributed by atoms with E-state index in [4.69, 9.17) is 0 Å². The van der Waals surface area contributed by atoms with Gasteiger partial charge in [-0.15, -0.1) is 0 Å². The van der Waals surface area contributed by atoms with Gasteiger partial charge in [0, 0.05) is 41.4 Å². The minimum Gasteiger partial charge on any atom is -0.374 e. The first kappa shape index (κ1) is 16.0. The fourth-order valence-electron chi connectivity index (χ4n) is 4.97. The number of hydrogen-bond donors (Lipinski definition) is 1. The number of hydrogen-bond acceptors (Lipinski definition) is 2. The molecule has 2 aliphatic heterocycles. The van der Waals surface area contributed by atoms with Crippen LogP contribution >= 0.6 is 0 Å². The Morgan fingerprint density at radius 1 is 1.00 bits per heavy atom. The SMILES string of the molecule is Cc1[nH]c2ccccc2c1C(c1ccc2c(c1)CCN2C)N1CCCC1. The Labute approximate surface area is 155 Å². The van der Waals surface area contributed by atoms with Crippen molar-refractivity contribution in [2.45, 2.75) is 32.2 Å². The van der Waals surface area contributed by atoms with Crippen LogP contribution in [0.1, 0.15) is 41.3 Å². The van der Waals surface area contributed by atoms with Gasteiger partial charge in [0.15, 0.2) is 0 Å². The lowest BCUT2D eigenvalue weighted by atomic mass is 9.93. The molecule has 0 aliphatic carbocycles. The van der Waals surface area contributed by atoms with E-state index in [-0.39, 0.29) is 0 Å². The molecule has 1 aromatic heterocycles. The van der Waals surface area contributed by atoms with Gasteiger partial charge in [0.05, 0.1) is 6.04 Å². The number of aromatic amines is 1. The molecule has 3 heteroatoms. The zero-order valence-corrected chi connectivity index (χ0v) is 15.8. The van der Waals surface area contributed by atoms with E-state index in [1.807, 2.05) is 0 Å². The van der Waals surface area contributed by atoms with Crippen LogP contribution in [0, 0.1) is 6.92 Å². The van der Waals surface area contributed by atoms with Crippen molar-refractivity contribution in [2.24, 2.45) is 0 Å². The largest absolute Gasteiger partial charge is 0.374 e. The summed E-state index contributed by atoms with van der Waals surface area (Å²) < 4.78 is 0. The van der Waals surface area contributed by atoms with Crippen LogP contribution in [0.3, 0.4) is 0 Å². The Balaban J connectivity index is 1.68. The second kappa shape index (κ2) is 6.17. The fourth-order valence-corrected chi connectivity index (χ4v) is 4.97. The molecule has 3 heterocycles. The number of anilines is 1. The van der Waals surface area contributed by atoms with Crippen molar-refractivity contribution in [3.05, 3.63) is 64.8 Å². The van der Waals surface area contributed by atoms with Gasteiger partial charge in [-0.25, -0.2) is 0 Å². The molecule has 3 aromatic rings. The van der Waals surface area contributed by atoms with Crippen molar-refractivity contribution < 1.29 is 0 Å². The molecule has 0 radical (unpaired) electrons. The lowest BCUT2D eigenvalue weighted by molar-refractivity contribution is 0.281. The number of benzene rings is 2. The third-order valence-corrected chi connectivity index (χ3v) is 6.27. The Bertz CT molecular complexity index is 949. The van der Waals surface area contributed by atoms with Gasteiger partial charge in [-0.05, 0) is 62.5 Å². The molecule has 0 saturated carbocycles. The summed E-state index contributed by atoms with van der Waals surface area (Å²) in [6, 6.07) is 16.3. The van der Waals surface area contributed by atoms with Crippen molar-refractivity contribution in [1.29, 1.82) is 0 Å². The molecule has 1 unspecified atom stereocenters. The highest BCUT2D eigenvalue weighted by atomic mass is 15.2. The molecule has 3 nitrogen and oxygen atoms in total. The number of nitrogens with one attached hydrogen (secondary N) is 1. The number of aromatic nitrogens is 1. The van der Waals surface area contributed by atoms with Crippen molar-refractivity contribution in [2.75, 3.05) is 31.6 Å². The van der Waals surface area contributed by atoms with Crippen LogP contribution in [-0.2, 0) is 6.42 Å². The Morgan fingerprint density at radius 3 is 2.65 bits per heavy atom. The van der Waals surface area contributed by atoms with Crippen molar-refractivity contribution in [3.63, 3.8) is 0 Å². The van der Waals surface area contributed by atoms with E-state index in [1.54, 1.807) is 0 Å². The van der Waals surface area contributed by atoms with Crippen LogP contribution in [0.15, 0.2) is 42.5 Å². The number of nitrogens with zero attached hydrogens (tertiary/aromatic N) is 2. The monoisotopic (exact) mass is 345 g/mol. The third-order valence-electron chi connectivity index (χ3n) is 6.27. The highest BCUT2D eigenvalue weighted by Gasteiger charge is 2.30. The van der Waals surface area contributed by atoms with Crippen LogP contribution < -0.4 is 4.90 Å². The number of fused-ring (bicyclic) bond motifs is 2. The minimum absolute atomic E-state index is 0.352. The minimum atomic E-state index is 0.352. The molecule has 0 amide bonds. The van der Waals surface area contributed by atoms with Crippen LogP contribution in [0.2, 0.25) is 0 Å². The van der Waals surface area contributed by atoms with Gasteiger partial charge in [0.2, 0.25) is 0 Å². The van der Waals surface area contributed by atoms with E-state index in [1.165, 1.54) is 71.3 Å². The first-order valence-electron chi connectivity index (χ1n) is 9.87. The first-order valence-corrected chi connectivity index (χ1v) is 9.87. The number of rotatable bonds is 3. The molecule has 0 bridgehead atoms. The number of para-hydroxylation sites is 1. The first-order chi connectivity index (χ1) is 12.7. The molecular formula is C23H27N3. The maximum absolute atomic E-state index is 3.63. The Kier molecular flexibility index (Phi) is 3.79. The maximum Gasteiger partial charge on any atom is 0.0625 e. The molecular weight excluding hydrogens is 318 g/mol. The molecule has 26 heavy (non-hydrogen) atoms. The molecule has 5 rings (SSSR count). The summed E-state index contributed by atoms with van der Waals surface area (Å²) in [5.74, 6) is 0. The van der Waals surface area contributed by atoms with Gasteiger partial charge in [-0.1, -0.05) is 30.3 Å². The molecule has 2 aliphatic rings. The van der Waals surface area contributed by atoms with Gasteiger partial charge in [-0.2, -0.15) is 0 Å². The number of H-pyrrole nitrogens is 1. The number of likely N-dealkylation sites (N-methyl/N-ethyl adjacent to an activating group) is 1. The van der Waals surface area contributed by atoms with Crippen LogP contribution in [0.5, 0.6) is 0 Å². The summed E-state index contributed by atoms with van der Waals surface area (Å²) in [6.07, 6.45) is 3.79. The predicted octanol–water partition coefficient (Wildman–Crippen LogP) is 4.65. The predicted molar refractivity (Wildman–Crippen MR) is 109 cm³/mol. The van der Waals surface area contributed by atoms with Crippen LogP contribution in [-0.4, -0.2) is 36.6 Å². The standard InChI is InChI=1S/C23H27N3/c1-16-22(19-7-3-4-8-20(19)24-16)23(26-12-5-6-13-26)18-9-10-21-17(15-18)11-14-25(21)2/h3-4,7-10,15,23-24H,5-6,11-14H2,1-2H3. The van der Waals surface area contributed by atoms with E-state index < -0.39 is 0 Å². The summed E-state index contributed by atoms with van der Waals surface area (Å²) in [6.45, 7) is 5.76. The average Bonchev–Trinajstić information content (AvgIpc) is 3.37. The molecule has 2 aromatic carbocycles. The van der Waals surface area contributed by atoms with Crippen molar-refractivity contribution in [3.8, 4) is 0 Å². The Morgan fingerprint density at radius 2 is 1.81 bits per heavy atom. The topological polar surface area (TPSA) is 22.3 Å². The van der Waals surface area contributed by atoms with Crippen molar-refractivity contribution >= 4 is 16.6 Å². The van der Waals surface area contributed by atoms with Gasteiger partial charge >= 0.3 is 0 Å². The molecule has 1 saturated heterocycles. The molecule has 1 N–H and O–H groups in total. The van der Waals surface area contributed by atoms with E-state index >= 15 is 0 Å². The summed E-state index contributed by atoms with van der Waals surface area (Å²) in [5.41, 5.74) is 8.39. The summed E-state index contributed by atoms with van der Waals surface area (Å²) in [4.78, 5) is 8.68. The fraction of sp³-hybridized carbons (Fsp3) is 0.391. The second-order valence-electron chi connectivity index (χ2n) is 7.91. The molecule has 1 fully saturated rings. The summed E-state index contributed by atoms with van der Waals surface area (Å²) in [5, 5.41) is 1.37. The van der Waals surface area contributed by atoms with Gasteiger partial charge in [-0.3, -0.25) is 4.90 Å². The van der Waals surface area contributed by atoms with Gasteiger partial charge in [0.1, 0.15) is 0 Å². The number of aryl methyl sites for hydroxylation is 1. The van der Waals surface area contributed by atoms with Gasteiger partial charge in [0.25, 0.3) is 0 Å². The quantitative estimate of drug-likeness (QED) is 0.746. The Hall–Kier alpha value is -2.26. The zero-order valence-electron chi connectivity index (χ0n) is 15.8. The van der Waals surface area contributed by atoms with E-state index in [2.05, 4.69) is 71.2 Å². The highest BCUT2D eigenvalue weighted by Crippen LogP contribution is 2.39. The number of likely N-dealkylation sites (tertiary alicyclic amines) is 1. The van der Waals surface area contributed by atoms with E-state index in [0.29, 0.717) is 6.04 Å². The van der Waals surface area contributed by atoms with Gasteiger partial charge < -0.3 is 9.88 Å². The molecule has 0 spiro atoms. The lowest BCUT2D eigenvalue weighted by Gasteiger charge is -2.29. The molecule has 1 atom stereocenters. The zero-order chi connectivity index (χ0) is 17.7. The average molecular weight is 345 g/mol. The second-order valence-corrected chi connectivity index (χ2v) is 7.91. The van der Waals surface area contributed by atoms with Crippen LogP contribution in [0.25, 0.3) is 10.9 Å². The van der Waals surface area contributed by atoms with Crippen LogP contribution in [0.4, 0.5) is 5.69 Å². The molecule has 134 valence electrons. The maximum atomic E-state index is 3.63. The smallest absolute Gasteiger partial charge is 0.0625 e. The summed E-state index contributed by atoms with van der Waals surface area (Å²) in [7, 11) is 2.20. The highest BCUT2D eigenvalue weighted by molar-refractivity contribution is 5.85. The van der Waals surface area contributed by atoms with E-state index in [0.717, 1.165) is 6.54 Å². The normalized spacial score (nSPS) is 18.6. The lowest BCUT2D eigenvalue weighted by Crippen LogP contribution is -2.27. The van der Waals surface area contributed by atoms with E-state index in [9.17, 15) is 0 Å².